The predicted octanol–water partition coefficient (Wildman–Crippen LogP) is 1.42. The van der Waals surface area contributed by atoms with Gasteiger partial charge in [0.05, 0.1) is 24.7 Å². The largest absolute Gasteiger partial charge is 0.481 e. The molecule has 0 bridgehead atoms. The Morgan fingerprint density at radius 1 is 1.29 bits per heavy atom. The van der Waals surface area contributed by atoms with E-state index in [2.05, 4.69) is 0 Å². The number of ether oxygens (including phenoxy) is 1. The number of nitrogens with zero attached hydrogens (tertiary/aromatic N) is 1. The van der Waals surface area contributed by atoms with Crippen LogP contribution in [0.1, 0.15) is 16.8 Å². The van der Waals surface area contributed by atoms with Gasteiger partial charge in [-0.2, -0.15) is 0 Å². The number of carbonyl (C=O) groups is 2. The van der Waals surface area contributed by atoms with Crippen LogP contribution in [0.5, 0.6) is 0 Å². The van der Waals surface area contributed by atoms with E-state index in [0.717, 1.165) is 11.0 Å². The maximum Gasteiger partial charge on any atom is 0.306 e. The molecule has 0 saturated carbocycles. The molecule has 0 aliphatic carbocycles. The Hall–Kier alpha value is -2.09. The van der Waals surface area contributed by atoms with E-state index in [1.165, 1.54) is 0 Å². The molecule has 1 atom stereocenters. The normalized spacial score (nSPS) is 18.6. The van der Waals surface area contributed by atoms with E-state index in [9.17, 15) is 22.8 Å². The second-order valence-corrected chi connectivity index (χ2v) is 4.56. The fraction of sp³-hybridized carbons (Fsp3) is 0.385. The van der Waals surface area contributed by atoms with Gasteiger partial charge < -0.3 is 14.7 Å². The quantitative estimate of drug-likeness (QED) is 0.858. The van der Waals surface area contributed by atoms with Crippen LogP contribution < -0.4 is 0 Å². The molecule has 0 aromatic heterocycles. The summed E-state index contributed by atoms with van der Waals surface area (Å²) in [5.74, 6) is -6.56. The van der Waals surface area contributed by atoms with Gasteiger partial charge in [0, 0.05) is 13.1 Å². The van der Waals surface area contributed by atoms with Gasteiger partial charge in [0.25, 0.3) is 5.91 Å². The average Bonchev–Trinajstić information content (AvgIpc) is 2.44. The van der Waals surface area contributed by atoms with Gasteiger partial charge in [-0.15, -0.1) is 0 Å². The first-order chi connectivity index (χ1) is 9.90. The van der Waals surface area contributed by atoms with Gasteiger partial charge in [0.15, 0.2) is 17.5 Å². The molecular weight excluding hydrogens is 291 g/mol. The van der Waals surface area contributed by atoms with Crippen LogP contribution in [-0.2, 0) is 9.53 Å². The third kappa shape index (κ3) is 3.33. The third-order valence-electron chi connectivity index (χ3n) is 3.09. The number of hydrogen-bond donors (Lipinski definition) is 1. The Bertz CT molecular complexity index is 579. The van der Waals surface area contributed by atoms with Crippen LogP contribution >= 0.6 is 0 Å². The van der Waals surface area contributed by atoms with Gasteiger partial charge >= 0.3 is 5.97 Å². The summed E-state index contributed by atoms with van der Waals surface area (Å²) in [5.41, 5.74) is -0.593. The fourth-order valence-electron chi connectivity index (χ4n) is 2.08. The molecule has 1 amide bonds. The molecule has 114 valence electrons. The van der Waals surface area contributed by atoms with E-state index in [1.54, 1.807) is 0 Å². The Morgan fingerprint density at radius 3 is 2.67 bits per heavy atom. The highest BCUT2D eigenvalue weighted by Crippen LogP contribution is 2.19. The molecule has 1 fully saturated rings. The van der Waals surface area contributed by atoms with Crippen molar-refractivity contribution in [3.8, 4) is 0 Å². The van der Waals surface area contributed by atoms with E-state index < -0.39 is 41.0 Å². The lowest BCUT2D eigenvalue weighted by Crippen LogP contribution is -2.46. The molecule has 1 saturated heterocycles. The second kappa shape index (κ2) is 6.13. The summed E-state index contributed by atoms with van der Waals surface area (Å²) in [7, 11) is 0. The van der Waals surface area contributed by atoms with Crippen molar-refractivity contribution in [3.63, 3.8) is 0 Å². The van der Waals surface area contributed by atoms with Crippen molar-refractivity contribution in [2.45, 2.75) is 12.5 Å². The zero-order chi connectivity index (χ0) is 15.6. The summed E-state index contributed by atoms with van der Waals surface area (Å²) in [4.78, 5) is 23.9. The van der Waals surface area contributed by atoms with E-state index >= 15 is 0 Å². The van der Waals surface area contributed by atoms with Gasteiger partial charge in [-0.25, -0.2) is 13.2 Å². The van der Waals surface area contributed by atoms with Crippen molar-refractivity contribution < 1.29 is 32.6 Å². The lowest BCUT2D eigenvalue weighted by Gasteiger charge is -2.32. The Morgan fingerprint density at radius 2 is 2.00 bits per heavy atom. The highest BCUT2D eigenvalue weighted by Gasteiger charge is 2.29. The number of carboxylic acids is 1. The smallest absolute Gasteiger partial charge is 0.306 e. The second-order valence-electron chi connectivity index (χ2n) is 4.56. The van der Waals surface area contributed by atoms with Crippen LogP contribution in [0, 0.1) is 17.5 Å². The lowest BCUT2D eigenvalue weighted by atomic mass is 10.1. The summed E-state index contributed by atoms with van der Waals surface area (Å²) in [6.45, 7) is 0.159. The number of halogens is 3. The van der Waals surface area contributed by atoms with E-state index in [-0.39, 0.29) is 26.1 Å². The lowest BCUT2D eigenvalue weighted by molar-refractivity contribution is -0.141. The number of hydrogen-bond acceptors (Lipinski definition) is 3. The summed E-state index contributed by atoms with van der Waals surface area (Å²) >= 11 is 0. The monoisotopic (exact) mass is 303 g/mol. The molecule has 0 spiro atoms. The van der Waals surface area contributed by atoms with Crippen molar-refractivity contribution in [2.75, 3.05) is 19.7 Å². The standard InChI is InChI=1S/C13H12F3NO4/c14-9-2-1-8(11(15)12(9)16)13(20)17-3-4-21-7(6-17)5-10(18)19/h1-2,7H,3-6H2,(H,18,19). The maximum atomic E-state index is 13.6. The van der Waals surface area contributed by atoms with Crippen LogP contribution in [-0.4, -0.2) is 47.7 Å². The summed E-state index contributed by atoms with van der Waals surface area (Å²) in [5, 5.41) is 8.68. The number of carboxylic acid groups (broad SMARTS) is 1. The molecule has 1 heterocycles. The van der Waals surface area contributed by atoms with Gasteiger partial charge in [-0.3, -0.25) is 9.59 Å². The van der Waals surface area contributed by atoms with Crippen molar-refractivity contribution in [3.05, 3.63) is 35.1 Å². The number of morpholine rings is 1. The van der Waals surface area contributed by atoms with Crippen molar-refractivity contribution in [1.29, 1.82) is 0 Å². The van der Waals surface area contributed by atoms with Gasteiger partial charge in [-0.1, -0.05) is 0 Å². The Balaban J connectivity index is 2.16. The van der Waals surface area contributed by atoms with Crippen molar-refractivity contribution in [1.82, 2.24) is 4.90 Å². The molecule has 8 heteroatoms. The zero-order valence-corrected chi connectivity index (χ0v) is 10.8. The zero-order valence-electron chi connectivity index (χ0n) is 10.8. The SMILES string of the molecule is O=C(O)CC1CN(C(=O)c2ccc(F)c(F)c2F)CCO1. The number of amides is 1. The molecule has 2 rings (SSSR count). The van der Waals surface area contributed by atoms with E-state index in [0.29, 0.717) is 6.07 Å². The highest BCUT2D eigenvalue weighted by molar-refractivity contribution is 5.94. The Labute approximate surface area is 117 Å². The number of aliphatic carboxylic acids is 1. The molecule has 1 aliphatic heterocycles. The van der Waals surface area contributed by atoms with Crippen molar-refractivity contribution in [2.24, 2.45) is 0 Å². The van der Waals surface area contributed by atoms with Gasteiger partial charge in [-0.05, 0) is 12.1 Å². The van der Waals surface area contributed by atoms with Crippen LogP contribution in [0.3, 0.4) is 0 Å². The molecule has 0 radical (unpaired) electrons. The van der Waals surface area contributed by atoms with Gasteiger partial charge in [0.1, 0.15) is 0 Å². The highest BCUT2D eigenvalue weighted by atomic mass is 19.2. The topological polar surface area (TPSA) is 66.8 Å². The maximum absolute atomic E-state index is 13.6. The van der Waals surface area contributed by atoms with E-state index in [4.69, 9.17) is 9.84 Å². The van der Waals surface area contributed by atoms with Crippen LogP contribution in [0.4, 0.5) is 13.2 Å². The van der Waals surface area contributed by atoms with Crippen LogP contribution in [0.15, 0.2) is 12.1 Å². The Kier molecular flexibility index (Phi) is 4.46. The third-order valence-corrected chi connectivity index (χ3v) is 3.09. The van der Waals surface area contributed by atoms with Crippen LogP contribution in [0.25, 0.3) is 0 Å². The fourth-order valence-corrected chi connectivity index (χ4v) is 2.08. The molecule has 1 aromatic rings. The first-order valence-corrected chi connectivity index (χ1v) is 6.16. The number of benzene rings is 1. The predicted molar refractivity (Wildman–Crippen MR) is 64.2 cm³/mol. The average molecular weight is 303 g/mol. The summed E-state index contributed by atoms with van der Waals surface area (Å²) in [6, 6.07) is 1.53. The number of rotatable bonds is 3. The minimum Gasteiger partial charge on any atom is -0.481 e. The minimum atomic E-state index is -1.71. The molecule has 1 N–H and O–H groups in total. The van der Waals surface area contributed by atoms with E-state index in [1.807, 2.05) is 0 Å². The van der Waals surface area contributed by atoms with Crippen LogP contribution in [0.2, 0.25) is 0 Å². The molecule has 1 unspecified atom stereocenters. The molecule has 1 aromatic carbocycles. The number of carbonyl (C=O) groups excluding carboxylic acids is 1. The van der Waals surface area contributed by atoms with Gasteiger partial charge in [0.2, 0.25) is 0 Å². The minimum absolute atomic E-state index is 0.0520. The summed E-state index contributed by atoms with van der Waals surface area (Å²) < 4.78 is 44.8. The summed E-state index contributed by atoms with van der Waals surface area (Å²) in [6.07, 6.45) is -1.02. The first-order valence-electron chi connectivity index (χ1n) is 6.16. The molecule has 1 aliphatic rings. The molecule has 21 heavy (non-hydrogen) atoms. The molecular formula is C13H12F3NO4. The molecule has 5 nitrogen and oxygen atoms in total. The van der Waals surface area contributed by atoms with Crippen molar-refractivity contribution >= 4 is 11.9 Å². The first kappa shape index (κ1) is 15.3.